The van der Waals surface area contributed by atoms with Crippen molar-refractivity contribution in [3.05, 3.63) is 69.9 Å². The van der Waals surface area contributed by atoms with Crippen molar-refractivity contribution in [2.75, 3.05) is 7.05 Å². The van der Waals surface area contributed by atoms with Crippen molar-refractivity contribution >= 4 is 22.5 Å². The van der Waals surface area contributed by atoms with Crippen molar-refractivity contribution in [2.45, 2.75) is 50.5 Å². The van der Waals surface area contributed by atoms with Gasteiger partial charge in [0, 0.05) is 51.8 Å². The van der Waals surface area contributed by atoms with Crippen molar-refractivity contribution in [3.63, 3.8) is 0 Å². The maximum atomic E-state index is 15.8. The van der Waals surface area contributed by atoms with Crippen LogP contribution in [0, 0.1) is 11.6 Å². The maximum Gasteiger partial charge on any atom is 0.153 e. The molecule has 2 aliphatic rings. The zero-order valence-corrected chi connectivity index (χ0v) is 17.1. The molecule has 2 aliphatic heterocycles. The van der Waals surface area contributed by atoms with E-state index < -0.39 is 17.3 Å². The van der Waals surface area contributed by atoms with Gasteiger partial charge < -0.3 is 4.57 Å². The molecule has 0 amide bonds. The Kier molecular flexibility index (Phi) is 4.27. The van der Waals surface area contributed by atoms with Crippen LogP contribution in [0.15, 0.2) is 36.4 Å². The fourth-order valence-electron chi connectivity index (χ4n) is 5.30. The molecule has 2 nitrogen and oxygen atoms in total. The van der Waals surface area contributed by atoms with E-state index in [2.05, 4.69) is 11.9 Å². The molecule has 3 heterocycles. The third-order valence-corrected chi connectivity index (χ3v) is 6.96. The molecule has 1 saturated heterocycles. The molecule has 3 aromatic rings. The lowest BCUT2D eigenvalue weighted by Crippen LogP contribution is -2.35. The van der Waals surface area contributed by atoms with E-state index in [-0.39, 0.29) is 12.1 Å². The summed E-state index contributed by atoms with van der Waals surface area (Å²) in [5.41, 5.74) is 1.12. The van der Waals surface area contributed by atoms with E-state index in [4.69, 9.17) is 11.6 Å². The van der Waals surface area contributed by atoms with Crippen molar-refractivity contribution < 1.29 is 13.2 Å². The highest BCUT2D eigenvalue weighted by atomic mass is 35.5. The molecule has 152 valence electrons. The number of nitrogens with zero attached hydrogens (tertiary/aromatic N) is 2. The van der Waals surface area contributed by atoms with Crippen molar-refractivity contribution in [1.82, 2.24) is 9.47 Å². The summed E-state index contributed by atoms with van der Waals surface area (Å²) in [6.45, 7) is 1.33. The Balaban J connectivity index is 1.67. The normalized spacial score (nSPS) is 23.4. The van der Waals surface area contributed by atoms with Gasteiger partial charge in [-0.1, -0.05) is 11.6 Å². The first-order valence-corrected chi connectivity index (χ1v) is 10.3. The second-order valence-electron chi connectivity index (χ2n) is 8.55. The van der Waals surface area contributed by atoms with Crippen LogP contribution in [-0.4, -0.2) is 22.6 Å². The van der Waals surface area contributed by atoms with E-state index in [1.807, 2.05) is 22.8 Å². The zero-order valence-electron chi connectivity index (χ0n) is 16.4. The van der Waals surface area contributed by atoms with Gasteiger partial charge in [0.25, 0.3) is 0 Å². The molecule has 1 aromatic heterocycles. The van der Waals surface area contributed by atoms with Crippen LogP contribution in [0.2, 0.25) is 5.02 Å². The van der Waals surface area contributed by atoms with Crippen LogP contribution in [0.4, 0.5) is 13.2 Å². The number of alkyl halides is 1. The highest BCUT2D eigenvalue weighted by molar-refractivity contribution is 6.31. The molecule has 6 heteroatoms. The van der Waals surface area contributed by atoms with Gasteiger partial charge in [-0.25, -0.2) is 13.2 Å². The Morgan fingerprint density at radius 1 is 1.14 bits per heavy atom. The molecule has 0 aliphatic carbocycles. The third-order valence-electron chi connectivity index (χ3n) is 6.73. The summed E-state index contributed by atoms with van der Waals surface area (Å²) in [5.74, 6) is -1.57. The zero-order chi connectivity index (χ0) is 20.5. The van der Waals surface area contributed by atoms with Crippen LogP contribution >= 0.6 is 11.6 Å². The van der Waals surface area contributed by atoms with Crippen molar-refractivity contribution in [1.29, 1.82) is 0 Å². The number of likely N-dealkylation sites (N-methyl/N-ethyl adjacent to an activating group) is 1. The number of halogens is 4. The molecule has 2 aromatic carbocycles. The monoisotopic (exact) mass is 418 g/mol. The Morgan fingerprint density at radius 2 is 1.93 bits per heavy atom. The van der Waals surface area contributed by atoms with Gasteiger partial charge in [0.05, 0.1) is 6.54 Å². The predicted molar refractivity (Wildman–Crippen MR) is 109 cm³/mol. The lowest BCUT2D eigenvalue weighted by molar-refractivity contribution is 0.153. The molecule has 3 unspecified atom stereocenters. The number of fused-ring (bicyclic) bond motifs is 6. The van der Waals surface area contributed by atoms with Gasteiger partial charge in [0.15, 0.2) is 5.67 Å². The summed E-state index contributed by atoms with van der Waals surface area (Å²) in [7, 11) is 2.14. The van der Waals surface area contributed by atoms with E-state index in [1.54, 1.807) is 0 Å². The molecule has 3 atom stereocenters. The second kappa shape index (κ2) is 6.51. The Labute approximate surface area is 172 Å². The average molecular weight is 419 g/mol. The topological polar surface area (TPSA) is 8.17 Å². The molecular weight excluding hydrogens is 397 g/mol. The fourth-order valence-corrected chi connectivity index (χ4v) is 5.47. The van der Waals surface area contributed by atoms with Gasteiger partial charge >= 0.3 is 0 Å². The fraction of sp³-hybridized carbons (Fsp3) is 0.391. The lowest BCUT2D eigenvalue weighted by Gasteiger charge is -2.33. The Bertz CT molecular complexity index is 1120. The summed E-state index contributed by atoms with van der Waals surface area (Å²) in [6, 6.07) is 9.45. The first kappa shape index (κ1) is 19.0. The minimum absolute atomic E-state index is 0.0355. The number of hydrogen-bond donors (Lipinski definition) is 0. The van der Waals surface area contributed by atoms with Crippen LogP contribution in [0.1, 0.15) is 42.6 Å². The van der Waals surface area contributed by atoms with Crippen LogP contribution in [-0.2, 0) is 18.6 Å². The first-order valence-electron chi connectivity index (χ1n) is 9.93. The summed E-state index contributed by atoms with van der Waals surface area (Å²) < 4.78 is 45.5. The predicted octanol–water partition coefficient (Wildman–Crippen LogP) is 6.15. The molecule has 0 spiro atoms. The molecule has 2 bridgehead atoms. The highest BCUT2D eigenvalue weighted by Crippen LogP contribution is 2.48. The maximum absolute atomic E-state index is 15.8. The highest BCUT2D eigenvalue weighted by Gasteiger charge is 2.42. The standard InChI is InChI=1S/C23H22ClF3N2/c1-23(27,17-6-4-14(25)10-18(17)26)12-29-19-7-3-13(24)9-16(19)22-20-8-5-15(28(20)2)11-21(22)29/h3-4,6-7,9-10,15,20H,5,8,11-12H2,1-2H3. The molecule has 0 radical (unpaired) electrons. The quantitative estimate of drug-likeness (QED) is 0.495. The van der Waals surface area contributed by atoms with Crippen LogP contribution < -0.4 is 0 Å². The van der Waals surface area contributed by atoms with Gasteiger partial charge in [-0.05, 0) is 62.7 Å². The summed E-state index contributed by atoms with van der Waals surface area (Å²) >= 11 is 6.29. The Morgan fingerprint density at radius 3 is 2.69 bits per heavy atom. The molecule has 0 saturated carbocycles. The number of benzene rings is 2. The SMILES string of the molecule is CN1C2CCC1c1c(n(CC(C)(F)c3ccc(F)cc3F)c3ccc(Cl)cc13)C2. The lowest BCUT2D eigenvalue weighted by atomic mass is 9.95. The smallest absolute Gasteiger partial charge is 0.153 e. The average Bonchev–Trinajstić information content (AvgIpc) is 3.05. The molecule has 29 heavy (non-hydrogen) atoms. The van der Waals surface area contributed by atoms with E-state index in [9.17, 15) is 8.78 Å². The minimum atomic E-state index is -1.99. The summed E-state index contributed by atoms with van der Waals surface area (Å²) in [4.78, 5) is 2.40. The van der Waals surface area contributed by atoms with E-state index >= 15 is 4.39 Å². The van der Waals surface area contributed by atoms with Gasteiger partial charge in [-0.3, -0.25) is 4.90 Å². The van der Waals surface area contributed by atoms with Gasteiger partial charge in [0.2, 0.25) is 0 Å². The summed E-state index contributed by atoms with van der Waals surface area (Å²) in [6.07, 6.45) is 3.01. The first-order chi connectivity index (χ1) is 13.8. The largest absolute Gasteiger partial charge is 0.341 e. The Hall–Kier alpha value is -1.98. The van der Waals surface area contributed by atoms with Crippen LogP contribution in [0.25, 0.3) is 10.9 Å². The van der Waals surface area contributed by atoms with E-state index in [0.29, 0.717) is 17.1 Å². The number of hydrogen-bond acceptors (Lipinski definition) is 1. The third kappa shape index (κ3) is 2.89. The summed E-state index contributed by atoms with van der Waals surface area (Å²) in [5, 5.41) is 1.69. The van der Waals surface area contributed by atoms with Crippen molar-refractivity contribution in [2.24, 2.45) is 0 Å². The number of aromatic nitrogens is 1. The van der Waals surface area contributed by atoms with Crippen LogP contribution in [0.5, 0.6) is 0 Å². The van der Waals surface area contributed by atoms with Gasteiger partial charge in [-0.2, -0.15) is 0 Å². The van der Waals surface area contributed by atoms with Gasteiger partial charge in [0.1, 0.15) is 11.6 Å². The minimum Gasteiger partial charge on any atom is -0.341 e. The second-order valence-corrected chi connectivity index (χ2v) is 8.98. The molecule has 1 fully saturated rings. The van der Waals surface area contributed by atoms with Crippen LogP contribution in [0.3, 0.4) is 0 Å². The van der Waals surface area contributed by atoms with Crippen molar-refractivity contribution in [3.8, 4) is 0 Å². The molecular formula is C23H22ClF3N2. The molecule has 0 N–H and O–H groups in total. The van der Waals surface area contributed by atoms with Gasteiger partial charge in [-0.15, -0.1) is 0 Å². The number of rotatable bonds is 3. The van der Waals surface area contributed by atoms with E-state index in [1.165, 1.54) is 18.6 Å². The van der Waals surface area contributed by atoms with E-state index in [0.717, 1.165) is 48.0 Å². The molecule has 5 rings (SSSR count).